The van der Waals surface area contributed by atoms with Crippen LogP contribution in [0.1, 0.15) is 124 Å². The summed E-state index contributed by atoms with van der Waals surface area (Å²) >= 11 is 0. The van der Waals surface area contributed by atoms with Crippen molar-refractivity contribution in [2.75, 3.05) is 11.3 Å². The fourth-order valence-electron chi connectivity index (χ4n) is 5.46. The number of nitrogens with one attached hydrogen (secondary N) is 2. The third-order valence-corrected chi connectivity index (χ3v) is 9.91. The Labute approximate surface area is 270 Å². The molecular formula is C36H53N5O3S. The van der Waals surface area contributed by atoms with E-state index in [4.69, 9.17) is 4.74 Å². The highest BCUT2D eigenvalue weighted by Crippen LogP contribution is 2.35. The highest BCUT2D eigenvalue weighted by molar-refractivity contribution is 7.92. The van der Waals surface area contributed by atoms with Gasteiger partial charge >= 0.3 is 0 Å². The molecule has 0 saturated carbocycles. The number of sulfonamides is 1. The van der Waals surface area contributed by atoms with Crippen molar-refractivity contribution in [3.63, 3.8) is 0 Å². The molecule has 0 unspecified atom stereocenters. The number of anilines is 1. The Morgan fingerprint density at radius 1 is 0.844 bits per heavy atom. The van der Waals surface area contributed by atoms with Crippen molar-refractivity contribution in [3.05, 3.63) is 59.8 Å². The van der Waals surface area contributed by atoms with E-state index in [1.807, 2.05) is 36.4 Å². The number of rotatable bonds is 17. The van der Waals surface area contributed by atoms with Gasteiger partial charge in [0.05, 0.1) is 6.61 Å². The number of fused-ring (bicyclic) bond motifs is 1. The van der Waals surface area contributed by atoms with Crippen LogP contribution in [0.15, 0.2) is 53.4 Å². The number of H-pyrrole nitrogens is 1. The zero-order valence-electron chi connectivity index (χ0n) is 28.4. The number of aromatic nitrogens is 4. The van der Waals surface area contributed by atoms with E-state index in [0.29, 0.717) is 23.9 Å². The first-order valence-electron chi connectivity index (χ1n) is 16.7. The molecule has 2 aromatic carbocycles. The van der Waals surface area contributed by atoms with Crippen molar-refractivity contribution in [2.45, 2.75) is 128 Å². The van der Waals surface area contributed by atoms with Gasteiger partial charge in [-0.2, -0.15) is 4.63 Å². The van der Waals surface area contributed by atoms with E-state index in [0.717, 1.165) is 61.0 Å². The zero-order chi connectivity index (χ0) is 32.7. The van der Waals surface area contributed by atoms with E-state index in [2.05, 4.69) is 68.4 Å². The van der Waals surface area contributed by atoms with Crippen LogP contribution in [0, 0.1) is 0 Å². The van der Waals surface area contributed by atoms with Gasteiger partial charge in [-0.15, -0.1) is 5.10 Å². The number of aromatic amines is 1. The van der Waals surface area contributed by atoms with Crippen LogP contribution in [0.4, 0.5) is 5.69 Å². The molecule has 0 spiro atoms. The van der Waals surface area contributed by atoms with Crippen LogP contribution in [-0.4, -0.2) is 34.8 Å². The van der Waals surface area contributed by atoms with Crippen LogP contribution in [0.3, 0.4) is 0 Å². The van der Waals surface area contributed by atoms with Crippen molar-refractivity contribution in [3.8, 4) is 17.1 Å². The summed E-state index contributed by atoms with van der Waals surface area (Å²) in [4.78, 5) is 4.84. The molecule has 0 aliphatic rings. The molecule has 8 nitrogen and oxygen atoms in total. The number of nitrogens with zero attached hydrogens (tertiary/aromatic N) is 3. The number of hydrogen-bond donors (Lipinski definition) is 2. The average Bonchev–Trinajstić information content (AvgIpc) is 3.57. The highest BCUT2D eigenvalue weighted by atomic mass is 32.2. The maximum Gasteiger partial charge on any atom is 0.265 e. The molecule has 246 valence electrons. The minimum atomic E-state index is -3.93. The molecule has 0 saturated heterocycles. The maximum atomic E-state index is 13.9. The van der Waals surface area contributed by atoms with Crippen LogP contribution in [-0.2, 0) is 20.9 Å². The lowest BCUT2D eigenvalue weighted by Gasteiger charge is -2.26. The first kappa shape index (κ1) is 34.5. The van der Waals surface area contributed by atoms with E-state index >= 15 is 0 Å². The smallest absolute Gasteiger partial charge is 0.265 e. The standard InChI is InChI=1S/C36H53N5O3S/c1-8-10-12-13-14-16-24-44-30-22-19-28(36(6,7)23-15-11-9-2)25-31(30)45(42,43)40-29-20-17-27(18-21-29)34-37-33-26-32(35(3,4)5)38-41(33)39-34/h17-22,25-26,38,40H,8-16,23-24H2,1-7H3. The Hall–Kier alpha value is -3.33. The van der Waals surface area contributed by atoms with Gasteiger partial charge < -0.3 is 4.74 Å². The molecule has 0 radical (unpaired) electrons. The normalized spacial score (nSPS) is 12.6. The second-order valence-corrected chi connectivity index (χ2v) is 15.6. The third kappa shape index (κ3) is 9.12. The molecule has 2 N–H and O–H groups in total. The fourth-order valence-corrected chi connectivity index (χ4v) is 6.69. The Kier molecular flexibility index (Phi) is 11.4. The predicted octanol–water partition coefficient (Wildman–Crippen LogP) is 9.42. The maximum absolute atomic E-state index is 13.9. The summed E-state index contributed by atoms with van der Waals surface area (Å²) in [7, 11) is -3.93. The van der Waals surface area contributed by atoms with Gasteiger partial charge in [0.15, 0.2) is 11.5 Å². The largest absolute Gasteiger partial charge is 0.492 e. The summed E-state index contributed by atoms with van der Waals surface area (Å²) in [6, 6.07) is 14.8. The monoisotopic (exact) mass is 635 g/mol. The van der Waals surface area contributed by atoms with Gasteiger partial charge in [0.25, 0.3) is 10.0 Å². The van der Waals surface area contributed by atoms with Gasteiger partial charge in [0.2, 0.25) is 0 Å². The first-order valence-corrected chi connectivity index (χ1v) is 18.2. The SMILES string of the molecule is CCCCCCCCOc1ccc(C(C)(C)CCCCC)cc1S(=O)(=O)Nc1ccc(-c2nc3cc(C(C)(C)C)[nH]n3n2)cc1. The summed E-state index contributed by atoms with van der Waals surface area (Å²) in [5.74, 6) is 0.965. The van der Waals surface area contributed by atoms with Crippen molar-refractivity contribution in [2.24, 2.45) is 0 Å². The predicted molar refractivity (Wildman–Crippen MR) is 185 cm³/mol. The highest BCUT2D eigenvalue weighted by Gasteiger charge is 2.27. The molecular weight excluding hydrogens is 582 g/mol. The summed E-state index contributed by atoms with van der Waals surface area (Å²) in [5.41, 5.74) is 3.86. The Morgan fingerprint density at radius 2 is 1.51 bits per heavy atom. The van der Waals surface area contributed by atoms with Crippen molar-refractivity contribution < 1.29 is 13.2 Å². The van der Waals surface area contributed by atoms with Gasteiger partial charge in [0.1, 0.15) is 10.6 Å². The van der Waals surface area contributed by atoms with Crippen LogP contribution >= 0.6 is 0 Å². The number of benzene rings is 2. The van der Waals surface area contributed by atoms with Crippen molar-refractivity contribution in [1.29, 1.82) is 0 Å². The second kappa shape index (κ2) is 14.8. The molecule has 4 aromatic rings. The van der Waals surface area contributed by atoms with Crippen molar-refractivity contribution in [1.82, 2.24) is 19.8 Å². The number of hydrogen-bond acceptors (Lipinski definition) is 5. The van der Waals surface area contributed by atoms with Crippen molar-refractivity contribution >= 4 is 21.4 Å². The lowest BCUT2D eigenvalue weighted by Crippen LogP contribution is -2.20. The first-order chi connectivity index (χ1) is 21.3. The van der Waals surface area contributed by atoms with Gasteiger partial charge in [-0.3, -0.25) is 9.82 Å². The molecule has 0 bridgehead atoms. The van der Waals surface area contributed by atoms with Crippen LogP contribution in [0.5, 0.6) is 5.75 Å². The number of unbranched alkanes of at least 4 members (excludes halogenated alkanes) is 7. The van der Waals surface area contributed by atoms with E-state index in [1.165, 1.54) is 25.7 Å². The Balaban J connectivity index is 1.53. The van der Waals surface area contributed by atoms with Gasteiger partial charge in [0, 0.05) is 28.4 Å². The van der Waals surface area contributed by atoms with E-state index in [1.54, 1.807) is 16.8 Å². The minimum absolute atomic E-state index is 0.0369. The van der Waals surface area contributed by atoms with E-state index in [9.17, 15) is 8.42 Å². The van der Waals surface area contributed by atoms with Gasteiger partial charge in [-0.05, 0) is 60.2 Å². The molecule has 0 aliphatic heterocycles. The molecule has 4 rings (SSSR count). The molecule has 2 aromatic heterocycles. The second-order valence-electron chi connectivity index (χ2n) is 13.9. The Bertz CT molecular complexity index is 1600. The molecule has 0 fully saturated rings. The van der Waals surface area contributed by atoms with Crippen LogP contribution in [0.25, 0.3) is 17.0 Å². The summed E-state index contributed by atoms with van der Waals surface area (Å²) in [5, 5.41) is 7.88. The third-order valence-electron chi connectivity index (χ3n) is 8.51. The lowest BCUT2D eigenvalue weighted by molar-refractivity contribution is 0.296. The molecule has 2 heterocycles. The average molecular weight is 636 g/mol. The Morgan fingerprint density at radius 3 is 2.18 bits per heavy atom. The molecule has 9 heteroatoms. The van der Waals surface area contributed by atoms with Gasteiger partial charge in [-0.1, -0.05) is 106 Å². The molecule has 45 heavy (non-hydrogen) atoms. The van der Waals surface area contributed by atoms with Gasteiger partial charge in [-0.25, -0.2) is 13.4 Å². The lowest BCUT2D eigenvalue weighted by atomic mass is 9.80. The van der Waals surface area contributed by atoms with Crippen LogP contribution in [0.2, 0.25) is 0 Å². The molecule has 0 amide bonds. The quantitative estimate of drug-likeness (QED) is 0.113. The van der Waals surface area contributed by atoms with E-state index < -0.39 is 10.0 Å². The topological polar surface area (TPSA) is 101 Å². The molecule has 0 aliphatic carbocycles. The summed E-state index contributed by atoms with van der Waals surface area (Å²) in [6.07, 6.45) is 11.2. The molecule has 0 atom stereocenters. The zero-order valence-corrected chi connectivity index (χ0v) is 29.2. The summed E-state index contributed by atoms with van der Waals surface area (Å²) < 4.78 is 38.4. The van der Waals surface area contributed by atoms with E-state index in [-0.39, 0.29) is 15.7 Å². The number of ether oxygens (including phenoxy) is 1. The van der Waals surface area contributed by atoms with Crippen LogP contribution < -0.4 is 9.46 Å². The fraction of sp³-hybridized carbons (Fsp3) is 0.556. The minimum Gasteiger partial charge on any atom is -0.492 e. The summed E-state index contributed by atoms with van der Waals surface area (Å²) in [6.45, 7) is 15.7.